The van der Waals surface area contributed by atoms with Crippen LogP contribution in [-0.4, -0.2) is 73.6 Å². The van der Waals surface area contributed by atoms with Crippen LogP contribution in [0, 0.1) is 0 Å². The number of nitrogens with zero attached hydrogens (tertiary/aromatic N) is 3. The zero-order valence-electron chi connectivity index (χ0n) is 11.7. The van der Waals surface area contributed by atoms with E-state index in [-0.39, 0.29) is 0 Å². The maximum absolute atomic E-state index is 2.74. The minimum atomic E-state index is 0.852. The Morgan fingerprint density at radius 2 is 1.82 bits per heavy atom. The highest BCUT2D eigenvalue weighted by atomic mass is 15.3. The van der Waals surface area contributed by atoms with Crippen molar-refractivity contribution in [3.8, 4) is 0 Å². The molecular weight excluding hydrogens is 210 g/mol. The molecule has 17 heavy (non-hydrogen) atoms. The third-order valence-corrected chi connectivity index (χ3v) is 4.36. The zero-order valence-corrected chi connectivity index (χ0v) is 11.7. The summed E-state index contributed by atoms with van der Waals surface area (Å²) in [6.07, 6.45) is 5.55. The van der Waals surface area contributed by atoms with E-state index in [9.17, 15) is 0 Å². The first-order valence-electron chi connectivity index (χ1n) is 7.44. The summed E-state index contributed by atoms with van der Waals surface area (Å²) in [5, 5.41) is 0. The van der Waals surface area contributed by atoms with Gasteiger partial charge in [-0.25, -0.2) is 0 Å². The van der Waals surface area contributed by atoms with Crippen LogP contribution in [-0.2, 0) is 0 Å². The normalized spacial score (nSPS) is 28.9. The molecule has 2 saturated heterocycles. The molecule has 0 aliphatic carbocycles. The van der Waals surface area contributed by atoms with E-state index in [1.54, 1.807) is 0 Å². The van der Waals surface area contributed by atoms with Gasteiger partial charge in [-0.05, 0) is 39.4 Å². The first-order valence-corrected chi connectivity index (χ1v) is 7.44. The SMILES string of the molecule is CCCCN1CCCC1CN1CCN(C)CC1. The van der Waals surface area contributed by atoms with Crippen molar-refractivity contribution in [1.29, 1.82) is 0 Å². The zero-order chi connectivity index (χ0) is 12.1. The number of rotatable bonds is 5. The highest BCUT2D eigenvalue weighted by molar-refractivity contribution is 4.83. The molecule has 1 atom stereocenters. The molecule has 3 heteroatoms. The molecule has 0 aromatic carbocycles. The van der Waals surface area contributed by atoms with E-state index in [4.69, 9.17) is 0 Å². The molecule has 2 aliphatic heterocycles. The van der Waals surface area contributed by atoms with Gasteiger partial charge in [-0.15, -0.1) is 0 Å². The van der Waals surface area contributed by atoms with Gasteiger partial charge in [-0.1, -0.05) is 13.3 Å². The molecule has 100 valence electrons. The van der Waals surface area contributed by atoms with Gasteiger partial charge in [0, 0.05) is 38.8 Å². The number of hydrogen-bond donors (Lipinski definition) is 0. The first kappa shape index (κ1) is 13.3. The average molecular weight is 239 g/mol. The summed E-state index contributed by atoms with van der Waals surface area (Å²) in [4.78, 5) is 7.86. The largest absolute Gasteiger partial charge is 0.304 e. The molecule has 0 aromatic heterocycles. The summed E-state index contributed by atoms with van der Waals surface area (Å²) in [6.45, 7) is 11.3. The van der Waals surface area contributed by atoms with Crippen LogP contribution in [0.5, 0.6) is 0 Å². The Labute approximate surface area is 107 Å². The maximum Gasteiger partial charge on any atom is 0.0223 e. The molecule has 0 saturated carbocycles. The van der Waals surface area contributed by atoms with E-state index in [2.05, 4.69) is 28.7 Å². The molecule has 3 nitrogen and oxygen atoms in total. The Kier molecular flexibility index (Phi) is 5.26. The summed E-state index contributed by atoms with van der Waals surface area (Å²) in [5.41, 5.74) is 0. The lowest BCUT2D eigenvalue weighted by atomic mass is 10.2. The lowest BCUT2D eigenvalue weighted by Gasteiger charge is -2.36. The molecular formula is C14H29N3. The third kappa shape index (κ3) is 3.94. The van der Waals surface area contributed by atoms with Gasteiger partial charge in [0.25, 0.3) is 0 Å². The molecule has 0 spiro atoms. The van der Waals surface area contributed by atoms with Crippen molar-refractivity contribution in [2.24, 2.45) is 0 Å². The summed E-state index contributed by atoms with van der Waals surface area (Å²) in [5.74, 6) is 0. The highest BCUT2D eigenvalue weighted by Crippen LogP contribution is 2.19. The molecule has 2 fully saturated rings. The van der Waals surface area contributed by atoms with Crippen LogP contribution < -0.4 is 0 Å². The number of unbranched alkanes of at least 4 members (excludes halogenated alkanes) is 1. The Balaban J connectivity index is 1.73. The van der Waals surface area contributed by atoms with Crippen molar-refractivity contribution in [3.05, 3.63) is 0 Å². The lowest BCUT2D eigenvalue weighted by molar-refractivity contribution is 0.116. The molecule has 2 heterocycles. The number of piperazine rings is 1. The van der Waals surface area contributed by atoms with Gasteiger partial charge in [0.1, 0.15) is 0 Å². The van der Waals surface area contributed by atoms with Crippen LogP contribution in [0.3, 0.4) is 0 Å². The van der Waals surface area contributed by atoms with Gasteiger partial charge < -0.3 is 4.90 Å². The second-order valence-corrected chi connectivity index (χ2v) is 5.79. The molecule has 2 aliphatic rings. The van der Waals surface area contributed by atoms with Crippen LogP contribution in [0.1, 0.15) is 32.6 Å². The number of likely N-dealkylation sites (tertiary alicyclic amines) is 1. The Morgan fingerprint density at radius 1 is 1.06 bits per heavy atom. The van der Waals surface area contributed by atoms with Crippen molar-refractivity contribution in [2.75, 3.05) is 52.9 Å². The molecule has 0 bridgehead atoms. The van der Waals surface area contributed by atoms with Crippen LogP contribution in [0.4, 0.5) is 0 Å². The number of hydrogen-bond acceptors (Lipinski definition) is 3. The van der Waals surface area contributed by atoms with Gasteiger partial charge in [0.15, 0.2) is 0 Å². The minimum Gasteiger partial charge on any atom is -0.304 e. The predicted molar refractivity (Wildman–Crippen MR) is 73.4 cm³/mol. The van der Waals surface area contributed by atoms with Crippen molar-refractivity contribution in [3.63, 3.8) is 0 Å². The molecule has 2 rings (SSSR count). The van der Waals surface area contributed by atoms with Gasteiger partial charge in [-0.3, -0.25) is 9.80 Å². The summed E-state index contributed by atoms with van der Waals surface area (Å²) in [7, 11) is 2.24. The summed E-state index contributed by atoms with van der Waals surface area (Å²) in [6, 6.07) is 0.852. The Morgan fingerprint density at radius 3 is 2.53 bits per heavy atom. The second-order valence-electron chi connectivity index (χ2n) is 5.79. The fraction of sp³-hybridized carbons (Fsp3) is 1.00. The van der Waals surface area contributed by atoms with Gasteiger partial charge in [0.05, 0.1) is 0 Å². The topological polar surface area (TPSA) is 9.72 Å². The summed E-state index contributed by atoms with van der Waals surface area (Å²) < 4.78 is 0. The molecule has 0 aromatic rings. The molecule has 1 unspecified atom stereocenters. The third-order valence-electron chi connectivity index (χ3n) is 4.36. The Bertz CT molecular complexity index is 212. The highest BCUT2D eigenvalue weighted by Gasteiger charge is 2.26. The quantitative estimate of drug-likeness (QED) is 0.720. The summed E-state index contributed by atoms with van der Waals surface area (Å²) >= 11 is 0. The van der Waals surface area contributed by atoms with Gasteiger partial charge in [-0.2, -0.15) is 0 Å². The lowest BCUT2D eigenvalue weighted by Crippen LogP contribution is -2.49. The van der Waals surface area contributed by atoms with E-state index >= 15 is 0 Å². The first-order chi connectivity index (χ1) is 8.29. The maximum atomic E-state index is 2.74. The van der Waals surface area contributed by atoms with E-state index in [1.807, 2.05) is 0 Å². The fourth-order valence-electron chi connectivity index (χ4n) is 3.09. The fourth-order valence-corrected chi connectivity index (χ4v) is 3.09. The monoisotopic (exact) mass is 239 g/mol. The van der Waals surface area contributed by atoms with E-state index in [0.29, 0.717) is 0 Å². The van der Waals surface area contributed by atoms with Gasteiger partial charge in [0.2, 0.25) is 0 Å². The molecule has 0 N–H and O–H groups in total. The van der Waals surface area contributed by atoms with E-state index < -0.39 is 0 Å². The van der Waals surface area contributed by atoms with E-state index in [0.717, 1.165) is 6.04 Å². The average Bonchev–Trinajstić information content (AvgIpc) is 2.77. The van der Waals surface area contributed by atoms with Crippen LogP contribution in [0.25, 0.3) is 0 Å². The van der Waals surface area contributed by atoms with Crippen LogP contribution >= 0.6 is 0 Å². The van der Waals surface area contributed by atoms with Crippen molar-refractivity contribution >= 4 is 0 Å². The molecule has 0 radical (unpaired) electrons. The predicted octanol–water partition coefficient (Wildman–Crippen LogP) is 1.50. The van der Waals surface area contributed by atoms with Crippen molar-refractivity contribution in [2.45, 2.75) is 38.6 Å². The number of likely N-dealkylation sites (N-methyl/N-ethyl adjacent to an activating group) is 1. The van der Waals surface area contributed by atoms with Crippen molar-refractivity contribution in [1.82, 2.24) is 14.7 Å². The smallest absolute Gasteiger partial charge is 0.0223 e. The molecule has 0 amide bonds. The van der Waals surface area contributed by atoms with Crippen molar-refractivity contribution < 1.29 is 0 Å². The van der Waals surface area contributed by atoms with Gasteiger partial charge >= 0.3 is 0 Å². The van der Waals surface area contributed by atoms with Crippen LogP contribution in [0.15, 0.2) is 0 Å². The Hall–Kier alpha value is -0.120. The standard InChI is InChI=1S/C14H29N3/c1-3-4-7-17-8-5-6-14(17)13-16-11-9-15(2)10-12-16/h14H,3-13H2,1-2H3. The minimum absolute atomic E-state index is 0.852. The second kappa shape index (κ2) is 6.72. The van der Waals surface area contributed by atoms with Crippen LogP contribution in [0.2, 0.25) is 0 Å². The van der Waals surface area contributed by atoms with E-state index in [1.165, 1.54) is 71.5 Å².